The standard InChI is InChI=1S/C27H36N2O6S/c1-3-4-8-17-28-26(31)27(16-20-36(32,33)24-10-6-5-7-11-24)21(2)35-25(29-27)22-12-14-23(15-13-22)34-19-9-18-30/h5-7,10-15,21,30H,3-4,8-9,16-20H2,1-2H3,(H,28,31)/t21-,27-/m1/s1. The maximum atomic E-state index is 13.4. The third kappa shape index (κ3) is 6.85. The lowest BCUT2D eigenvalue weighted by Crippen LogP contribution is -2.52. The molecule has 2 aromatic rings. The number of amides is 1. The Morgan fingerprint density at radius 1 is 1.11 bits per heavy atom. The second-order valence-corrected chi connectivity index (χ2v) is 11.0. The molecule has 0 bridgehead atoms. The molecule has 0 radical (unpaired) electrons. The van der Waals surface area contributed by atoms with Crippen molar-refractivity contribution in [1.29, 1.82) is 0 Å². The summed E-state index contributed by atoms with van der Waals surface area (Å²) >= 11 is 0. The largest absolute Gasteiger partial charge is 0.494 e. The van der Waals surface area contributed by atoms with Crippen molar-refractivity contribution in [3.05, 3.63) is 60.2 Å². The first-order chi connectivity index (χ1) is 17.3. The van der Waals surface area contributed by atoms with E-state index in [-0.39, 0.29) is 29.6 Å². The van der Waals surface area contributed by atoms with Crippen LogP contribution in [-0.4, -0.2) is 62.5 Å². The molecule has 196 valence electrons. The zero-order valence-corrected chi connectivity index (χ0v) is 21.8. The lowest BCUT2D eigenvalue weighted by atomic mass is 9.90. The summed E-state index contributed by atoms with van der Waals surface area (Å²) in [5.74, 6) is 0.382. The molecule has 0 fully saturated rings. The van der Waals surface area contributed by atoms with Crippen molar-refractivity contribution in [1.82, 2.24) is 5.32 Å². The Labute approximate surface area is 213 Å². The SMILES string of the molecule is CCCCCNC(=O)[C@]1(CCS(=O)(=O)c2ccccc2)N=C(c2ccc(OCCCO)cc2)O[C@@H]1C. The topological polar surface area (TPSA) is 114 Å². The summed E-state index contributed by atoms with van der Waals surface area (Å²) in [6.07, 6.45) is 2.74. The van der Waals surface area contributed by atoms with Crippen LogP contribution in [0, 0.1) is 0 Å². The fraction of sp³-hybridized carbons (Fsp3) is 0.481. The molecular formula is C27H36N2O6S. The van der Waals surface area contributed by atoms with Crippen LogP contribution in [0.25, 0.3) is 0 Å². The highest BCUT2D eigenvalue weighted by Gasteiger charge is 2.50. The Hall–Kier alpha value is -2.91. The predicted molar refractivity (Wildman–Crippen MR) is 139 cm³/mol. The minimum Gasteiger partial charge on any atom is -0.494 e. The van der Waals surface area contributed by atoms with Crippen LogP contribution in [0.15, 0.2) is 64.5 Å². The van der Waals surface area contributed by atoms with Crippen molar-refractivity contribution in [3.8, 4) is 5.75 Å². The van der Waals surface area contributed by atoms with E-state index in [4.69, 9.17) is 19.6 Å². The first kappa shape index (κ1) is 27.7. The number of aliphatic hydroxyl groups is 1. The van der Waals surface area contributed by atoms with Crippen LogP contribution in [0.3, 0.4) is 0 Å². The highest BCUT2D eigenvalue weighted by molar-refractivity contribution is 7.91. The molecule has 2 aromatic carbocycles. The van der Waals surface area contributed by atoms with Gasteiger partial charge in [0.05, 0.1) is 17.3 Å². The molecular weight excluding hydrogens is 480 g/mol. The fourth-order valence-electron chi connectivity index (χ4n) is 4.02. The molecule has 2 atom stereocenters. The molecule has 0 aromatic heterocycles. The van der Waals surface area contributed by atoms with E-state index >= 15 is 0 Å². The summed E-state index contributed by atoms with van der Waals surface area (Å²) in [6, 6.07) is 15.3. The Morgan fingerprint density at radius 2 is 1.83 bits per heavy atom. The van der Waals surface area contributed by atoms with Gasteiger partial charge in [-0.2, -0.15) is 0 Å². The lowest BCUT2D eigenvalue weighted by Gasteiger charge is -2.28. The van der Waals surface area contributed by atoms with Crippen LogP contribution < -0.4 is 10.1 Å². The molecule has 8 nitrogen and oxygen atoms in total. The normalized spacial score (nSPS) is 19.4. The minimum absolute atomic E-state index is 0.00312. The number of aliphatic hydroxyl groups excluding tert-OH is 1. The van der Waals surface area contributed by atoms with Crippen LogP contribution in [0.5, 0.6) is 5.75 Å². The zero-order valence-electron chi connectivity index (χ0n) is 21.0. The summed E-state index contributed by atoms with van der Waals surface area (Å²) in [5, 5.41) is 11.9. The van der Waals surface area contributed by atoms with Gasteiger partial charge in [-0.1, -0.05) is 38.0 Å². The number of unbranched alkanes of at least 4 members (excludes halogenated alkanes) is 2. The Morgan fingerprint density at radius 3 is 2.50 bits per heavy atom. The van der Waals surface area contributed by atoms with E-state index < -0.39 is 21.5 Å². The minimum atomic E-state index is -3.61. The number of sulfone groups is 1. The van der Waals surface area contributed by atoms with Crippen LogP contribution in [0.4, 0.5) is 0 Å². The van der Waals surface area contributed by atoms with Gasteiger partial charge in [-0.3, -0.25) is 4.79 Å². The molecule has 0 spiro atoms. The zero-order chi connectivity index (χ0) is 26.0. The number of hydrogen-bond acceptors (Lipinski definition) is 7. The first-order valence-electron chi connectivity index (χ1n) is 12.5. The number of ether oxygens (including phenoxy) is 2. The number of nitrogens with one attached hydrogen (secondary N) is 1. The van der Waals surface area contributed by atoms with Gasteiger partial charge >= 0.3 is 0 Å². The fourth-order valence-corrected chi connectivity index (χ4v) is 5.41. The molecule has 2 N–H and O–H groups in total. The van der Waals surface area contributed by atoms with Crippen LogP contribution in [0.2, 0.25) is 0 Å². The van der Waals surface area contributed by atoms with Crippen LogP contribution in [-0.2, 0) is 19.4 Å². The molecule has 0 aliphatic carbocycles. The highest BCUT2D eigenvalue weighted by atomic mass is 32.2. The van der Waals surface area contributed by atoms with Crippen LogP contribution in [0.1, 0.15) is 51.5 Å². The third-order valence-electron chi connectivity index (χ3n) is 6.25. The average molecular weight is 517 g/mol. The van der Waals surface area contributed by atoms with Gasteiger partial charge in [0.25, 0.3) is 5.91 Å². The Bertz CT molecular complexity index is 1120. The molecule has 0 unspecified atom stereocenters. The summed E-state index contributed by atoms with van der Waals surface area (Å²) in [6.45, 7) is 4.80. The van der Waals surface area contributed by atoms with Crippen molar-refractivity contribution in [2.24, 2.45) is 4.99 Å². The number of aliphatic imine (C=N–C) groups is 1. The highest BCUT2D eigenvalue weighted by Crippen LogP contribution is 2.33. The number of nitrogens with zero attached hydrogens (tertiary/aromatic N) is 1. The average Bonchev–Trinajstić information content (AvgIpc) is 3.23. The third-order valence-corrected chi connectivity index (χ3v) is 7.98. The van der Waals surface area contributed by atoms with Crippen molar-refractivity contribution < 1.29 is 27.8 Å². The lowest BCUT2D eigenvalue weighted by molar-refractivity contribution is -0.128. The quantitative estimate of drug-likeness (QED) is 0.372. The van der Waals surface area contributed by atoms with Crippen molar-refractivity contribution in [2.75, 3.05) is 25.5 Å². The van der Waals surface area contributed by atoms with Gasteiger partial charge in [0.1, 0.15) is 11.9 Å². The number of carbonyl (C=O) groups is 1. The number of rotatable bonds is 14. The smallest absolute Gasteiger partial charge is 0.251 e. The number of hydrogen-bond donors (Lipinski definition) is 2. The Balaban J connectivity index is 1.84. The monoisotopic (exact) mass is 516 g/mol. The van der Waals surface area contributed by atoms with Gasteiger partial charge < -0.3 is 19.9 Å². The van der Waals surface area contributed by atoms with E-state index in [2.05, 4.69) is 12.2 Å². The summed E-state index contributed by atoms with van der Waals surface area (Å²) in [7, 11) is -3.61. The van der Waals surface area contributed by atoms with Gasteiger partial charge in [-0.25, -0.2) is 13.4 Å². The molecule has 0 saturated carbocycles. The molecule has 1 aliphatic rings. The molecule has 0 saturated heterocycles. The Kier molecular flexibility index (Phi) is 9.89. The molecule has 3 rings (SSSR count). The second kappa shape index (κ2) is 12.9. The van der Waals surface area contributed by atoms with Crippen molar-refractivity contribution >= 4 is 21.6 Å². The van der Waals surface area contributed by atoms with E-state index in [1.165, 1.54) is 0 Å². The van der Waals surface area contributed by atoms with E-state index in [9.17, 15) is 13.2 Å². The maximum Gasteiger partial charge on any atom is 0.251 e. The summed E-state index contributed by atoms with van der Waals surface area (Å²) in [4.78, 5) is 18.4. The van der Waals surface area contributed by atoms with Gasteiger partial charge in [-0.05, 0) is 56.2 Å². The summed E-state index contributed by atoms with van der Waals surface area (Å²) in [5.41, 5.74) is -0.692. The van der Waals surface area contributed by atoms with E-state index in [0.717, 1.165) is 19.3 Å². The summed E-state index contributed by atoms with van der Waals surface area (Å²) < 4.78 is 37.6. The second-order valence-electron chi connectivity index (χ2n) is 8.90. The van der Waals surface area contributed by atoms with Crippen molar-refractivity contribution in [3.63, 3.8) is 0 Å². The number of benzene rings is 2. The van der Waals surface area contributed by atoms with Gasteiger partial charge in [0, 0.05) is 25.1 Å². The van der Waals surface area contributed by atoms with E-state index in [1.54, 1.807) is 61.5 Å². The first-order valence-corrected chi connectivity index (χ1v) is 14.1. The van der Waals surface area contributed by atoms with Crippen LogP contribution >= 0.6 is 0 Å². The molecule has 36 heavy (non-hydrogen) atoms. The van der Waals surface area contributed by atoms with Gasteiger partial charge in [0.15, 0.2) is 15.4 Å². The van der Waals surface area contributed by atoms with Crippen molar-refractivity contribution in [2.45, 2.75) is 62.5 Å². The maximum absolute atomic E-state index is 13.4. The molecule has 1 amide bonds. The molecule has 1 aliphatic heterocycles. The predicted octanol–water partition coefficient (Wildman–Crippen LogP) is 3.52. The van der Waals surface area contributed by atoms with E-state index in [1.807, 2.05) is 0 Å². The molecule has 9 heteroatoms. The number of carbonyl (C=O) groups excluding carboxylic acids is 1. The van der Waals surface area contributed by atoms with E-state index in [0.29, 0.717) is 36.8 Å². The van der Waals surface area contributed by atoms with Gasteiger partial charge in [-0.15, -0.1) is 0 Å². The molecule has 1 heterocycles. The van der Waals surface area contributed by atoms with Gasteiger partial charge in [0.2, 0.25) is 5.90 Å².